The van der Waals surface area contributed by atoms with E-state index >= 15 is 0 Å². The van der Waals surface area contributed by atoms with E-state index in [4.69, 9.17) is 14.7 Å². The molecule has 0 fully saturated rings. The van der Waals surface area contributed by atoms with Crippen LogP contribution in [0.4, 0.5) is 0 Å². The average molecular weight is 318 g/mol. The lowest BCUT2D eigenvalue weighted by molar-refractivity contribution is 0.171. The van der Waals surface area contributed by atoms with Crippen LogP contribution in [0.3, 0.4) is 0 Å². The first-order valence-corrected chi connectivity index (χ1v) is 7.61. The molecule has 1 aromatic heterocycles. The van der Waals surface area contributed by atoms with Gasteiger partial charge in [-0.1, -0.05) is 17.3 Å². The summed E-state index contributed by atoms with van der Waals surface area (Å²) in [5.41, 5.74) is 3.47. The van der Waals surface area contributed by atoms with E-state index in [1.54, 1.807) is 12.3 Å². The number of ether oxygens (including phenoxy) is 2. The first kappa shape index (κ1) is 14.3. The summed E-state index contributed by atoms with van der Waals surface area (Å²) in [6.07, 6.45) is 1.72. The van der Waals surface area contributed by atoms with Crippen molar-refractivity contribution in [1.82, 2.24) is 15.0 Å². The largest absolute Gasteiger partial charge is 0.486 e. The summed E-state index contributed by atoms with van der Waals surface area (Å²) in [5.74, 6) is 1.49. The maximum absolute atomic E-state index is 9.02. The lowest BCUT2D eigenvalue weighted by Crippen LogP contribution is -2.15. The van der Waals surface area contributed by atoms with Crippen LogP contribution in [-0.2, 0) is 6.54 Å². The van der Waals surface area contributed by atoms with Crippen LogP contribution in [0, 0.1) is 11.3 Å². The normalized spacial score (nSPS) is 12.6. The van der Waals surface area contributed by atoms with Gasteiger partial charge < -0.3 is 9.47 Å². The molecule has 6 heteroatoms. The van der Waals surface area contributed by atoms with Crippen molar-refractivity contribution in [3.63, 3.8) is 0 Å². The van der Waals surface area contributed by atoms with Gasteiger partial charge in [-0.3, -0.25) is 0 Å². The SMILES string of the molecule is N#Cc1cccc(Cn2nncc2-c2ccc3c(c2)OCCO3)c1. The lowest BCUT2D eigenvalue weighted by Gasteiger charge is -2.19. The molecule has 0 saturated heterocycles. The molecule has 1 aliphatic rings. The highest BCUT2D eigenvalue weighted by molar-refractivity contribution is 5.63. The van der Waals surface area contributed by atoms with Crippen LogP contribution in [-0.4, -0.2) is 28.2 Å². The second-order valence-corrected chi connectivity index (χ2v) is 5.45. The van der Waals surface area contributed by atoms with Crippen molar-refractivity contribution in [3.8, 4) is 28.8 Å². The fraction of sp³-hybridized carbons (Fsp3) is 0.167. The van der Waals surface area contributed by atoms with Gasteiger partial charge in [0.05, 0.1) is 30.1 Å². The predicted molar refractivity (Wildman–Crippen MR) is 86.7 cm³/mol. The third kappa shape index (κ3) is 2.68. The third-order valence-electron chi connectivity index (χ3n) is 3.84. The van der Waals surface area contributed by atoms with Gasteiger partial charge in [-0.05, 0) is 35.9 Å². The average Bonchev–Trinajstić information content (AvgIpc) is 3.09. The highest BCUT2D eigenvalue weighted by atomic mass is 16.6. The second-order valence-electron chi connectivity index (χ2n) is 5.45. The molecule has 24 heavy (non-hydrogen) atoms. The maximum Gasteiger partial charge on any atom is 0.162 e. The van der Waals surface area contributed by atoms with Crippen LogP contribution in [0.25, 0.3) is 11.3 Å². The minimum absolute atomic E-state index is 0.541. The predicted octanol–water partition coefficient (Wildman–Crippen LogP) is 2.64. The van der Waals surface area contributed by atoms with Gasteiger partial charge in [0.2, 0.25) is 0 Å². The van der Waals surface area contributed by atoms with E-state index in [-0.39, 0.29) is 0 Å². The molecule has 0 bridgehead atoms. The van der Waals surface area contributed by atoms with Gasteiger partial charge in [0.25, 0.3) is 0 Å². The van der Waals surface area contributed by atoms with Crippen molar-refractivity contribution in [2.24, 2.45) is 0 Å². The van der Waals surface area contributed by atoms with Gasteiger partial charge in [-0.15, -0.1) is 5.10 Å². The monoisotopic (exact) mass is 318 g/mol. The summed E-state index contributed by atoms with van der Waals surface area (Å²) in [7, 11) is 0. The van der Waals surface area contributed by atoms with E-state index in [2.05, 4.69) is 16.4 Å². The Morgan fingerprint density at radius 3 is 2.83 bits per heavy atom. The topological polar surface area (TPSA) is 73.0 Å². The van der Waals surface area contributed by atoms with Crippen LogP contribution >= 0.6 is 0 Å². The van der Waals surface area contributed by atoms with Gasteiger partial charge in [-0.2, -0.15) is 5.26 Å². The Bertz CT molecular complexity index is 927. The minimum atomic E-state index is 0.541. The van der Waals surface area contributed by atoms with E-state index < -0.39 is 0 Å². The Morgan fingerprint density at radius 2 is 1.96 bits per heavy atom. The van der Waals surface area contributed by atoms with Crippen LogP contribution in [0.1, 0.15) is 11.1 Å². The third-order valence-corrected chi connectivity index (χ3v) is 3.84. The van der Waals surface area contributed by atoms with Crippen LogP contribution in [0.2, 0.25) is 0 Å². The number of hydrogen-bond acceptors (Lipinski definition) is 5. The van der Waals surface area contributed by atoms with Crippen molar-refractivity contribution in [2.75, 3.05) is 13.2 Å². The molecule has 3 aromatic rings. The Hall–Kier alpha value is -3.33. The number of hydrogen-bond donors (Lipinski definition) is 0. The highest BCUT2D eigenvalue weighted by Crippen LogP contribution is 2.34. The summed E-state index contributed by atoms with van der Waals surface area (Å²) in [6, 6.07) is 15.4. The number of nitriles is 1. The number of aromatic nitrogens is 3. The summed E-state index contributed by atoms with van der Waals surface area (Å²) in [5, 5.41) is 17.2. The molecule has 2 aromatic carbocycles. The Balaban J connectivity index is 1.66. The van der Waals surface area contributed by atoms with Crippen LogP contribution in [0.15, 0.2) is 48.7 Å². The van der Waals surface area contributed by atoms with E-state index in [1.165, 1.54) is 0 Å². The summed E-state index contributed by atoms with van der Waals surface area (Å²) >= 11 is 0. The fourth-order valence-corrected chi connectivity index (χ4v) is 2.71. The number of rotatable bonds is 3. The van der Waals surface area contributed by atoms with Crippen molar-refractivity contribution in [3.05, 3.63) is 59.8 Å². The van der Waals surface area contributed by atoms with Crippen LogP contribution < -0.4 is 9.47 Å². The fourth-order valence-electron chi connectivity index (χ4n) is 2.71. The number of fused-ring (bicyclic) bond motifs is 1. The Labute approximate surface area is 138 Å². The van der Waals surface area contributed by atoms with Crippen molar-refractivity contribution >= 4 is 0 Å². The van der Waals surface area contributed by atoms with E-state index in [1.807, 2.05) is 41.1 Å². The molecule has 0 atom stereocenters. The maximum atomic E-state index is 9.02. The molecule has 2 heterocycles. The van der Waals surface area contributed by atoms with Gasteiger partial charge in [0.1, 0.15) is 13.2 Å². The summed E-state index contributed by atoms with van der Waals surface area (Å²) < 4.78 is 13.0. The molecule has 0 amide bonds. The smallest absolute Gasteiger partial charge is 0.162 e. The van der Waals surface area contributed by atoms with Crippen molar-refractivity contribution < 1.29 is 9.47 Å². The molecular weight excluding hydrogens is 304 g/mol. The molecule has 0 radical (unpaired) electrons. The van der Waals surface area contributed by atoms with Gasteiger partial charge in [0.15, 0.2) is 11.5 Å². The van der Waals surface area contributed by atoms with E-state index in [9.17, 15) is 0 Å². The molecule has 1 aliphatic heterocycles. The van der Waals surface area contributed by atoms with Crippen molar-refractivity contribution in [2.45, 2.75) is 6.54 Å². The van der Waals surface area contributed by atoms with Gasteiger partial charge >= 0.3 is 0 Å². The van der Waals surface area contributed by atoms with Gasteiger partial charge in [0, 0.05) is 5.56 Å². The quantitative estimate of drug-likeness (QED) is 0.742. The molecule has 0 saturated carbocycles. The molecule has 118 valence electrons. The molecule has 6 nitrogen and oxygen atoms in total. The second kappa shape index (κ2) is 6.05. The zero-order chi connectivity index (χ0) is 16.4. The van der Waals surface area contributed by atoms with E-state index in [0.29, 0.717) is 25.3 Å². The van der Waals surface area contributed by atoms with Crippen molar-refractivity contribution in [1.29, 1.82) is 5.26 Å². The first-order valence-electron chi connectivity index (χ1n) is 7.61. The molecule has 0 aliphatic carbocycles. The summed E-state index contributed by atoms with van der Waals surface area (Å²) in [6.45, 7) is 1.66. The van der Waals surface area contributed by atoms with E-state index in [0.717, 1.165) is 28.3 Å². The van der Waals surface area contributed by atoms with Gasteiger partial charge in [-0.25, -0.2) is 4.68 Å². The van der Waals surface area contributed by atoms with Crippen LogP contribution in [0.5, 0.6) is 11.5 Å². The number of nitrogens with zero attached hydrogens (tertiary/aromatic N) is 4. The zero-order valence-corrected chi connectivity index (χ0v) is 12.8. The minimum Gasteiger partial charge on any atom is -0.486 e. The first-order chi connectivity index (χ1) is 11.8. The Kier molecular flexibility index (Phi) is 3.60. The standard InChI is InChI=1S/C18H14N4O2/c19-10-13-2-1-3-14(8-13)12-22-16(11-20-21-22)15-4-5-17-18(9-15)24-7-6-23-17/h1-5,8-9,11H,6-7,12H2. The lowest BCUT2D eigenvalue weighted by atomic mass is 10.1. The zero-order valence-electron chi connectivity index (χ0n) is 12.8. The highest BCUT2D eigenvalue weighted by Gasteiger charge is 2.15. The molecule has 0 unspecified atom stereocenters. The molecule has 0 N–H and O–H groups in total. The molecule has 4 rings (SSSR count). The summed E-state index contributed by atoms with van der Waals surface area (Å²) in [4.78, 5) is 0. The number of benzene rings is 2. The molecular formula is C18H14N4O2. The molecule has 0 spiro atoms. The Morgan fingerprint density at radius 1 is 1.08 bits per heavy atom.